The van der Waals surface area contributed by atoms with Crippen molar-refractivity contribution in [2.75, 3.05) is 25.6 Å². The van der Waals surface area contributed by atoms with E-state index in [1.165, 1.54) is 0 Å². The lowest BCUT2D eigenvalue weighted by molar-refractivity contribution is -0.121. The number of amides is 1. The fraction of sp³-hybridized carbons (Fsp3) is 0.462. The predicted octanol–water partition coefficient (Wildman–Crippen LogP) is 3.60. The van der Waals surface area contributed by atoms with Crippen LogP contribution in [0.25, 0.3) is 0 Å². The molecule has 1 aromatic rings. The van der Waals surface area contributed by atoms with Crippen LogP contribution in [-0.2, 0) is 9.53 Å². The number of methoxy groups -OCH3 is 1. The van der Waals surface area contributed by atoms with Gasteiger partial charge in [-0.2, -0.15) is 0 Å². The summed E-state index contributed by atoms with van der Waals surface area (Å²) in [5, 5.41) is 6.97. The van der Waals surface area contributed by atoms with Gasteiger partial charge in [0.25, 0.3) is 0 Å². The van der Waals surface area contributed by atoms with Crippen molar-refractivity contribution in [1.29, 1.82) is 0 Å². The van der Waals surface area contributed by atoms with Crippen LogP contribution in [0.3, 0.4) is 0 Å². The Morgan fingerprint density at radius 3 is 2.45 bits per heavy atom. The van der Waals surface area contributed by atoms with Gasteiger partial charge in [0, 0.05) is 25.3 Å². The van der Waals surface area contributed by atoms with E-state index >= 15 is 0 Å². The monoisotopic (exact) mass is 338 g/mol. The van der Waals surface area contributed by atoms with E-state index in [2.05, 4.69) is 10.6 Å². The van der Waals surface area contributed by atoms with Gasteiger partial charge in [0.15, 0.2) is 0 Å². The summed E-state index contributed by atoms with van der Waals surface area (Å²) in [6.07, 6.45) is 0.761. The highest BCUT2D eigenvalue weighted by atomic mass is 35.5. The molecule has 2 N–H and O–H groups in total. The third kappa shape index (κ3) is 5.37. The summed E-state index contributed by atoms with van der Waals surface area (Å²) in [4.78, 5) is 11.9. The molecule has 0 saturated carbocycles. The minimum atomic E-state index is -0.464. The predicted molar refractivity (Wildman–Crippen MR) is 84.1 cm³/mol. The van der Waals surface area contributed by atoms with Crippen molar-refractivity contribution in [1.82, 2.24) is 5.32 Å². The molecule has 4 nitrogen and oxygen atoms in total. The van der Waals surface area contributed by atoms with Gasteiger partial charge in [-0.25, -0.2) is 0 Å². The number of benzene rings is 1. The zero-order chi connectivity index (χ0) is 15.1. The van der Waals surface area contributed by atoms with Gasteiger partial charge in [0.1, 0.15) is 6.04 Å². The topological polar surface area (TPSA) is 50.4 Å². The summed E-state index contributed by atoms with van der Waals surface area (Å²) >= 11 is 17.9. The van der Waals surface area contributed by atoms with Gasteiger partial charge < -0.3 is 15.4 Å². The maximum absolute atomic E-state index is 11.9. The number of nitrogens with one attached hydrogen (secondary N) is 2. The van der Waals surface area contributed by atoms with Crippen molar-refractivity contribution in [3.8, 4) is 0 Å². The van der Waals surface area contributed by atoms with Crippen LogP contribution in [0.2, 0.25) is 15.1 Å². The Labute approximate surface area is 133 Å². The third-order valence-corrected chi connectivity index (χ3v) is 3.40. The van der Waals surface area contributed by atoms with Crippen LogP contribution in [0.5, 0.6) is 0 Å². The lowest BCUT2D eigenvalue weighted by Gasteiger charge is -2.17. The lowest BCUT2D eigenvalue weighted by Crippen LogP contribution is -2.38. The Bertz CT molecular complexity index is 446. The number of anilines is 1. The summed E-state index contributed by atoms with van der Waals surface area (Å²) in [7, 11) is 1.62. The average molecular weight is 340 g/mol. The minimum Gasteiger partial charge on any atom is -0.385 e. The molecule has 1 rings (SSSR count). The van der Waals surface area contributed by atoms with E-state index in [4.69, 9.17) is 39.5 Å². The molecule has 7 heteroatoms. The first-order valence-corrected chi connectivity index (χ1v) is 7.26. The van der Waals surface area contributed by atoms with Gasteiger partial charge in [-0.05, 0) is 25.5 Å². The van der Waals surface area contributed by atoms with Crippen LogP contribution in [0.15, 0.2) is 12.1 Å². The highest BCUT2D eigenvalue weighted by Gasteiger charge is 2.16. The van der Waals surface area contributed by atoms with Crippen molar-refractivity contribution in [2.24, 2.45) is 0 Å². The molecule has 20 heavy (non-hydrogen) atoms. The van der Waals surface area contributed by atoms with Gasteiger partial charge >= 0.3 is 0 Å². The summed E-state index contributed by atoms with van der Waals surface area (Å²) in [5.74, 6) is -0.136. The Morgan fingerprint density at radius 1 is 1.30 bits per heavy atom. The largest absolute Gasteiger partial charge is 0.385 e. The quantitative estimate of drug-likeness (QED) is 0.746. The number of hydrogen-bond donors (Lipinski definition) is 2. The molecule has 1 atom stereocenters. The van der Waals surface area contributed by atoms with Crippen molar-refractivity contribution in [3.05, 3.63) is 27.2 Å². The second kappa shape index (κ2) is 8.57. The first-order valence-electron chi connectivity index (χ1n) is 6.13. The molecule has 1 aromatic carbocycles. The molecule has 1 unspecified atom stereocenters. The second-order valence-corrected chi connectivity index (χ2v) is 5.50. The molecule has 0 fully saturated rings. The van der Waals surface area contributed by atoms with Crippen LogP contribution in [0.4, 0.5) is 5.69 Å². The molecule has 112 valence electrons. The van der Waals surface area contributed by atoms with Crippen molar-refractivity contribution < 1.29 is 9.53 Å². The lowest BCUT2D eigenvalue weighted by atomic mass is 10.2. The number of carbonyl (C=O) groups excluding carboxylic acids is 1. The first kappa shape index (κ1) is 17.4. The summed E-state index contributed by atoms with van der Waals surface area (Å²) < 4.78 is 4.91. The van der Waals surface area contributed by atoms with E-state index in [0.29, 0.717) is 33.9 Å². The molecular weight excluding hydrogens is 323 g/mol. The molecular formula is C13H17Cl3N2O2. The second-order valence-electron chi connectivity index (χ2n) is 4.25. The van der Waals surface area contributed by atoms with Crippen molar-refractivity contribution >= 4 is 46.4 Å². The summed E-state index contributed by atoms with van der Waals surface area (Å²) in [5.41, 5.74) is 0.497. The fourth-order valence-electron chi connectivity index (χ4n) is 1.54. The smallest absolute Gasteiger partial charge is 0.242 e. The van der Waals surface area contributed by atoms with E-state index < -0.39 is 6.04 Å². The number of hydrogen-bond acceptors (Lipinski definition) is 3. The molecule has 0 aliphatic carbocycles. The van der Waals surface area contributed by atoms with Crippen molar-refractivity contribution in [2.45, 2.75) is 19.4 Å². The molecule has 0 radical (unpaired) electrons. The number of carbonyl (C=O) groups is 1. The fourth-order valence-corrected chi connectivity index (χ4v) is 2.47. The molecule has 0 saturated heterocycles. The minimum absolute atomic E-state index is 0.136. The van der Waals surface area contributed by atoms with Gasteiger partial charge in [0.05, 0.1) is 15.7 Å². The van der Waals surface area contributed by atoms with E-state index in [1.54, 1.807) is 26.2 Å². The molecule has 1 amide bonds. The molecule has 0 aromatic heterocycles. The van der Waals surface area contributed by atoms with Crippen LogP contribution < -0.4 is 10.6 Å². The zero-order valence-electron chi connectivity index (χ0n) is 11.3. The maximum Gasteiger partial charge on any atom is 0.242 e. The van der Waals surface area contributed by atoms with Crippen LogP contribution in [0.1, 0.15) is 13.3 Å². The Kier molecular flexibility index (Phi) is 7.45. The first-order chi connectivity index (χ1) is 9.45. The molecule has 0 spiro atoms. The van der Waals surface area contributed by atoms with Crippen LogP contribution >= 0.6 is 34.8 Å². The normalized spacial score (nSPS) is 12.1. The number of rotatable bonds is 7. The number of ether oxygens (including phenoxy) is 1. The van der Waals surface area contributed by atoms with Gasteiger partial charge in [0.2, 0.25) is 5.91 Å². The van der Waals surface area contributed by atoms with Crippen LogP contribution in [-0.4, -0.2) is 32.2 Å². The summed E-state index contributed by atoms with van der Waals surface area (Å²) in [6.45, 7) is 2.89. The van der Waals surface area contributed by atoms with E-state index in [9.17, 15) is 4.79 Å². The molecule has 0 aliphatic heterocycles. The number of halogens is 3. The van der Waals surface area contributed by atoms with E-state index in [0.717, 1.165) is 6.42 Å². The van der Waals surface area contributed by atoms with E-state index in [-0.39, 0.29) is 5.91 Å². The van der Waals surface area contributed by atoms with Crippen molar-refractivity contribution in [3.63, 3.8) is 0 Å². The van der Waals surface area contributed by atoms with Crippen LogP contribution in [0, 0.1) is 0 Å². The zero-order valence-corrected chi connectivity index (χ0v) is 13.6. The highest BCUT2D eigenvalue weighted by Crippen LogP contribution is 2.34. The molecule has 0 aliphatic rings. The van der Waals surface area contributed by atoms with Gasteiger partial charge in [-0.15, -0.1) is 0 Å². The van der Waals surface area contributed by atoms with Gasteiger partial charge in [-0.3, -0.25) is 4.79 Å². The average Bonchev–Trinajstić information content (AvgIpc) is 2.38. The standard InChI is InChI=1S/C13H17Cl3N2O2/c1-8(13(19)17-4-3-5-20-2)18-12-10(15)6-9(14)7-11(12)16/h6-8,18H,3-5H2,1-2H3,(H,17,19). The van der Waals surface area contributed by atoms with E-state index in [1.807, 2.05) is 0 Å². The van der Waals surface area contributed by atoms with Gasteiger partial charge in [-0.1, -0.05) is 34.8 Å². The molecule has 0 bridgehead atoms. The molecule has 0 heterocycles. The summed E-state index contributed by atoms with van der Waals surface area (Å²) in [6, 6.07) is 2.68. The Morgan fingerprint density at radius 2 is 1.90 bits per heavy atom. The third-order valence-electron chi connectivity index (χ3n) is 2.59. The Balaban J connectivity index is 2.57. The highest BCUT2D eigenvalue weighted by molar-refractivity contribution is 6.41. The SMILES string of the molecule is COCCCNC(=O)C(C)Nc1c(Cl)cc(Cl)cc1Cl. The Hall–Kier alpha value is -0.680. The maximum atomic E-state index is 11.9.